The lowest BCUT2D eigenvalue weighted by Crippen LogP contribution is -2.23. The summed E-state index contributed by atoms with van der Waals surface area (Å²) in [5.74, 6) is 1.76. The Balaban J connectivity index is 1.46. The number of nitrogens with one attached hydrogen (secondary N) is 2. The van der Waals surface area contributed by atoms with Crippen LogP contribution in [-0.4, -0.2) is 46.0 Å². The van der Waals surface area contributed by atoms with Crippen molar-refractivity contribution >= 4 is 56.9 Å². The van der Waals surface area contributed by atoms with E-state index < -0.39 is 11.3 Å². The monoisotopic (exact) mass is 612 g/mol. The third-order valence-electron chi connectivity index (χ3n) is 6.65. The van der Waals surface area contributed by atoms with Crippen LogP contribution in [0.3, 0.4) is 0 Å². The molecule has 226 valence electrons. The predicted molar refractivity (Wildman–Crippen MR) is 170 cm³/mol. The van der Waals surface area contributed by atoms with Crippen molar-refractivity contribution in [3.8, 4) is 17.2 Å². The largest absolute Gasteiger partial charge is 0.755 e. The summed E-state index contributed by atoms with van der Waals surface area (Å²) in [7, 11) is 4.66. The van der Waals surface area contributed by atoms with Crippen LogP contribution in [0.1, 0.15) is 12.0 Å². The Bertz CT molecular complexity index is 1800. The lowest BCUT2D eigenvalue weighted by atomic mass is 10.1. The van der Waals surface area contributed by atoms with Crippen LogP contribution in [0.4, 0.5) is 28.7 Å². The molecule has 44 heavy (non-hydrogen) atoms. The highest BCUT2D eigenvalue weighted by Gasteiger charge is 2.21. The molecule has 12 heteroatoms. The highest BCUT2D eigenvalue weighted by atomic mass is 32.2. The van der Waals surface area contributed by atoms with E-state index in [1.807, 2.05) is 30.3 Å². The van der Waals surface area contributed by atoms with Crippen LogP contribution in [-0.2, 0) is 22.5 Å². The molecule has 5 aromatic rings. The predicted octanol–water partition coefficient (Wildman–Crippen LogP) is 5.90. The average molecular weight is 613 g/mol. The van der Waals surface area contributed by atoms with E-state index in [4.69, 9.17) is 19.2 Å². The first kappa shape index (κ1) is 30.3. The maximum atomic E-state index is 12.8. The van der Waals surface area contributed by atoms with Crippen molar-refractivity contribution in [1.29, 1.82) is 0 Å². The van der Waals surface area contributed by atoms with Crippen LogP contribution in [0, 0.1) is 0 Å². The van der Waals surface area contributed by atoms with Gasteiger partial charge in [0.2, 0.25) is 5.91 Å². The van der Waals surface area contributed by atoms with Crippen LogP contribution in [0.2, 0.25) is 0 Å². The van der Waals surface area contributed by atoms with Gasteiger partial charge in [-0.2, -0.15) is 0 Å². The molecule has 1 heterocycles. The molecule has 1 atom stereocenters. The summed E-state index contributed by atoms with van der Waals surface area (Å²) in [6.07, 6.45) is 0.735. The van der Waals surface area contributed by atoms with E-state index in [1.54, 1.807) is 67.8 Å². The molecule has 1 unspecified atom stereocenters. The number of amides is 1. The fourth-order valence-corrected chi connectivity index (χ4v) is 5.08. The standard InChI is InChI=1S/C32H31N5O6S/c1-41-25-11-6-8-21(16-25)14-15-30(38)33-22-9-7-10-24(17-22)37(44(39)40)32-31(35-28-12-4-5-13-29(28)36-32)34-23-18-26(42-2)20-27(19-23)43-3/h4-13,16-20H,14-15H2,1-3H3,(H,33,38)(H,34,35)(H,39,40)/p-1. The van der Waals surface area contributed by atoms with Gasteiger partial charge in [0, 0.05) is 36.0 Å². The van der Waals surface area contributed by atoms with Crippen molar-refractivity contribution < 1.29 is 27.8 Å². The lowest BCUT2D eigenvalue weighted by molar-refractivity contribution is -0.116. The van der Waals surface area contributed by atoms with Crippen molar-refractivity contribution in [2.75, 3.05) is 36.3 Å². The maximum Gasteiger partial charge on any atom is 0.224 e. The summed E-state index contributed by atoms with van der Waals surface area (Å²) in [6.45, 7) is 0. The second-order valence-corrected chi connectivity index (χ2v) is 10.4. The number of fused-ring (bicyclic) bond motifs is 1. The number of carbonyl (C=O) groups is 1. The molecule has 0 aliphatic carbocycles. The fourth-order valence-electron chi connectivity index (χ4n) is 4.53. The van der Waals surface area contributed by atoms with Crippen LogP contribution < -0.4 is 29.1 Å². The quantitative estimate of drug-likeness (QED) is 0.165. The molecule has 0 saturated heterocycles. The van der Waals surface area contributed by atoms with Gasteiger partial charge < -0.3 is 29.4 Å². The number of para-hydroxylation sites is 2. The molecule has 1 amide bonds. The summed E-state index contributed by atoms with van der Waals surface area (Å²) in [6, 6.07) is 26.3. The van der Waals surface area contributed by atoms with Gasteiger partial charge in [-0.05, 0) is 54.4 Å². The highest BCUT2D eigenvalue weighted by Crippen LogP contribution is 2.36. The summed E-state index contributed by atoms with van der Waals surface area (Å²) in [5.41, 5.74) is 3.23. The van der Waals surface area contributed by atoms with Crippen LogP contribution in [0.5, 0.6) is 17.2 Å². The number of anilines is 5. The molecule has 0 aliphatic heterocycles. The number of carbonyl (C=O) groups excluding carboxylic acids is 1. The SMILES string of the molecule is COc1cccc(CCC(=O)Nc2cccc(N(c3nc4ccccc4nc3Nc3cc(OC)cc(OC)c3)S(=O)[O-])c2)c1. The average Bonchev–Trinajstić information content (AvgIpc) is 3.04. The summed E-state index contributed by atoms with van der Waals surface area (Å²) in [5, 5.41) is 6.04. The number of hydrogen-bond donors (Lipinski definition) is 2. The number of benzene rings is 4. The smallest absolute Gasteiger partial charge is 0.224 e. The van der Waals surface area contributed by atoms with Gasteiger partial charge in [0.25, 0.3) is 0 Å². The molecule has 4 aromatic carbocycles. The molecule has 5 rings (SSSR count). The van der Waals surface area contributed by atoms with Gasteiger partial charge in [0.05, 0.1) is 49.3 Å². The Morgan fingerprint density at radius 3 is 2.16 bits per heavy atom. The van der Waals surface area contributed by atoms with Gasteiger partial charge >= 0.3 is 0 Å². The second kappa shape index (κ2) is 13.8. The van der Waals surface area contributed by atoms with Gasteiger partial charge in [-0.25, -0.2) is 9.97 Å². The molecule has 0 aliphatic rings. The number of nitrogens with zero attached hydrogens (tertiary/aromatic N) is 3. The second-order valence-electron chi connectivity index (χ2n) is 9.57. The summed E-state index contributed by atoms with van der Waals surface area (Å²) < 4.78 is 42.6. The number of methoxy groups -OCH3 is 3. The third kappa shape index (κ3) is 7.22. The van der Waals surface area contributed by atoms with E-state index in [-0.39, 0.29) is 29.7 Å². The molecule has 0 spiro atoms. The number of ether oxygens (including phenoxy) is 3. The zero-order valence-electron chi connectivity index (χ0n) is 24.3. The minimum absolute atomic E-state index is 0.0281. The highest BCUT2D eigenvalue weighted by molar-refractivity contribution is 7.81. The minimum Gasteiger partial charge on any atom is -0.755 e. The molecule has 11 nitrogen and oxygen atoms in total. The fraction of sp³-hybridized carbons (Fsp3) is 0.156. The Kier molecular flexibility index (Phi) is 9.52. The molecule has 0 radical (unpaired) electrons. The van der Waals surface area contributed by atoms with Crippen molar-refractivity contribution in [2.24, 2.45) is 0 Å². The number of aromatic nitrogens is 2. The lowest BCUT2D eigenvalue weighted by Gasteiger charge is -2.27. The number of aryl methyl sites for hydroxylation is 1. The molecule has 1 aromatic heterocycles. The van der Waals surface area contributed by atoms with E-state index in [2.05, 4.69) is 15.6 Å². The molecule has 2 N–H and O–H groups in total. The van der Waals surface area contributed by atoms with E-state index in [9.17, 15) is 13.6 Å². The minimum atomic E-state index is -2.81. The van der Waals surface area contributed by atoms with Crippen molar-refractivity contribution in [3.05, 3.63) is 96.6 Å². The van der Waals surface area contributed by atoms with E-state index >= 15 is 0 Å². The van der Waals surface area contributed by atoms with Gasteiger partial charge in [-0.15, -0.1) is 0 Å². The van der Waals surface area contributed by atoms with Gasteiger partial charge in [0.1, 0.15) is 17.2 Å². The Morgan fingerprint density at radius 2 is 1.48 bits per heavy atom. The molecule has 0 bridgehead atoms. The summed E-state index contributed by atoms with van der Waals surface area (Å²) in [4.78, 5) is 22.2. The summed E-state index contributed by atoms with van der Waals surface area (Å²) >= 11 is -2.81. The Labute approximate surface area is 257 Å². The molecular formula is C32H30N5O6S-. The van der Waals surface area contributed by atoms with E-state index in [1.165, 1.54) is 14.2 Å². The number of hydrogen-bond acceptors (Lipinski definition) is 9. The van der Waals surface area contributed by atoms with Crippen molar-refractivity contribution in [1.82, 2.24) is 9.97 Å². The first-order chi connectivity index (χ1) is 21.4. The van der Waals surface area contributed by atoms with Crippen molar-refractivity contribution in [2.45, 2.75) is 12.8 Å². The van der Waals surface area contributed by atoms with Gasteiger partial charge in [-0.3, -0.25) is 13.3 Å². The van der Waals surface area contributed by atoms with Crippen LogP contribution in [0.25, 0.3) is 11.0 Å². The normalized spacial score (nSPS) is 11.5. The number of rotatable bonds is 12. The topological polar surface area (TPSA) is 138 Å². The van der Waals surface area contributed by atoms with Gasteiger partial charge in [0.15, 0.2) is 11.6 Å². The molecule has 0 saturated carbocycles. The Hall–Kier alpha value is -5.20. The van der Waals surface area contributed by atoms with Crippen LogP contribution in [0.15, 0.2) is 91.0 Å². The van der Waals surface area contributed by atoms with Gasteiger partial charge in [-0.1, -0.05) is 30.3 Å². The van der Waals surface area contributed by atoms with Crippen molar-refractivity contribution in [3.63, 3.8) is 0 Å². The van der Waals surface area contributed by atoms with E-state index in [0.717, 1.165) is 15.6 Å². The zero-order valence-corrected chi connectivity index (χ0v) is 25.1. The molecule has 0 fully saturated rings. The first-order valence-electron chi connectivity index (χ1n) is 13.6. The van der Waals surface area contributed by atoms with E-state index in [0.29, 0.717) is 40.3 Å². The maximum absolute atomic E-state index is 12.8. The third-order valence-corrected chi connectivity index (χ3v) is 7.33. The zero-order chi connectivity index (χ0) is 31.1. The first-order valence-corrected chi connectivity index (χ1v) is 14.6. The van der Waals surface area contributed by atoms with Crippen LogP contribution >= 0.6 is 0 Å². The Morgan fingerprint density at radius 1 is 0.795 bits per heavy atom. The molecular weight excluding hydrogens is 582 g/mol.